The molecule has 2 rings (SSSR count). The number of rotatable bonds is 4. The highest BCUT2D eigenvalue weighted by Crippen LogP contribution is 2.12. The van der Waals surface area contributed by atoms with Gasteiger partial charge in [0, 0.05) is 38.0 Å². The van der Waals surface area contributed by atoms with Crippen molar-refractivity contribution in [3.63, 3.8) is 0 Å². The van der Waals surface area contributed by atoms with E-state index in [-0.39, 0.29) is 5.91 Å². The number of pyridine rings is 1. The molecule has 0 atom stereocenters. The SMILES string of the molecule is CN(C)c1ncc(CNC(=O)c2cncc(Br)c2)n1C. The fourth-order valence-corrected chi connectivity index (χ4v) is 2.19. The maximum atomic E-state index is 12.0. The van der Waals surface area contributed by atoms with Gasteiger partial charge in [-0.1, -0.05) is 0 Å². The summed E-state index contributed by atoms with van der Waals surface area (Å²) in [5.41, 5.74) is 1.46. The number of amides is 1. The smallest absolute Gasteiger partial charge is 0.253 e. The Morgan fingerprint density at radius 2 is 2.15 bits per heavy atom. The third kappa shape index (κ3) is 3.16. The van der Waals surface area contributed by atoms with Crippen molar-refractivity contribution < 1.29 is 4.79 Å². The van der Waals surface area contributed by atoms with Gasteiger partial charge >= 0.3 is 0 Å². The Bertz CT molecular complexity index is 623. The lowest BCUT2D eigenvalue weighted by Gasteiger charge is -2.12. The molecule has 0 saturated heterocycles. The fourth-order valence-electron chi connectivity index (χ4n) is 1.82. The number of hydrogen-bond donors (Lipinski definition) is 1. The highest BCUT2D eigenvalue weighted by atomic mass is 79.9. The van der Waals surface area contributed by atoms with Gasteiger partial charge in [0.05, 0.1) is 24.0 Å². The van der Waals surface area contributed by atoms with Crippen LogP contribution in [0.1, 0.15) is 16.1 Å². The van der Waals surface area contributed by atoms with Gasteiger partial charge in [-0.15, -0.1) is 0 Å². The Morgan fingerprint density at radius 1 is 1.40 bits per heavy atom. The molecule has 7 heteroatoms. The van der Waals surface area contributed by atoms with Crippen molar-refractivity contribution in [1.29, 1.82) is 0 Å². The minimum absolute atomic E-state index is 0.161. The maximum absolute atomic E-state index is 12.0. The van der Waals surface area contributed by atoms with Crippen LogP contribution in [0.15, 0.2) is 29.1 Å². The number of carbonyl (C=O) groups is 1. The van der Waals surface area contributed by atoms with E-state index in [1.165, 1.54) is 6.20 Å². The molecule has 1 amide bonds. The van der Waals surface area contributed by atoms with Crippen LogP contribution in [0.2, 0.25) is 0 Å². The lowest BCUT2D eigenvalue weighted by atomic mass is 10.2. The van der Waals surface area contributed by atoms with E-state index in [0.717, 1.165) is 16.1 Å². The molecular formula is C13H16BrN5O. The zero-order valence-corrected chi connectivity index (χ0v) is 13.2. The molecule has 0 radical (unpaired) electrons. The Hall–Kier alpha value is -1.89. The van der Waals surface area contributed by atoms with Crippen molar-refractivity contribution in [2.24, 2.45) is 7.05 Å². The number of halogens is 1. The largest absolute Gasteiger partial charge is 0.348 e. The molecule has 6 nitrogen and oxygen atoms in total. The average Bonchev–Trinajstić information content (AvgIpc) is 2.77. The van der Waals surface area contributed by atoms with E-state index in [2.05, 4.69) is 31.2 Å². The maximum Gasteiger partial charge on any atom is 0.253 e. The number of nitrogens with one attached hydrogen (secondary N) is 1. The van der Waals surface area contributed by atoms with Crippen LogP contribution in [-0.4, -0.2) is 34.5 Å². The first-order valence-corrected chi connectivity index (χ1v) is 6.85. The summed E-state index contributed by atoms with van der Waals surface area (Å²) in [5, 5.41) is 2.86. The Kier molecular flexibility index (Phi) is 4.39. The van der Waals surface area contributed by atoms with Gasteiger partial charge in [-0.25, -0.2) is 4.98 Å². The summed E-state index contributed by atoms with van der Waals surface area (Å²) in [6.07, 6.45) is 4.94. The van der Waals surface area contributed by atoms with Crippen molar-refractivity contribution >= 4 is 27.8 Å². The van der Waals surface area contributed by atoms with Gasteiger partial charge in [0.25, 0.3) is 5.91 Å². The minimum Gasteiger partial charge on any atom is -0.348 e. The molecule has 2 aromatic rings. The van der Waals surface area contributed by atoms with E-state index in [1.807, 2.05) is 30.6 Å². The van der Waals surface area contributed by atoms with Crippen LogP contribution in [0.25, 0.3) is 0 Å². The molecule has 2 heterocycles. The van der Waals surface area contributed by atoms with Gasteiger partial charge in [0.15, 0.2) is 0 Å². The first-order valence-electron chi connectivity index (χ1n) is 6.05. The van der Waals surface area contributed by atoms with Crippen molar-refractivity contribution in [2.45, 2.75) is 6.54 Å². The number of anilines is 1. The third-order valence-corrected chi connectivity index (χ3v) is 3.29. The first-order chi connectivity index (χ1) is 9.49. The molecule has 0 spiro atoms. The van der Waals surface area contributed by atoms with Gasteiger partial charge in [-0.2, -0.15) is 0 Å². The number of imidazole rings is 1. The van der Waals surface area contributed by atoms with Crippen molar-refractivity contribution in [2.75, 3.05) is 19.0 Å². The van der Waals surface area contributed by atoms with Crippen molar-refractivity contribution in [3.05, 3.63) is 40.4 Å². The standard InChI is InChI=1S/C13H16BrN5O/c1-18(2)13-17-8-11(19(13)3)7-16-12(20)9-4-10(14)6-15-5-9/h4-6,8H,7H2,1-3H3,(H,16,20). The van der Waals surface area contributed by atoms with Crippen LogP contribution in [0.5, 0.6) is 0 Å². The molecule has 0 aliphatic rings. The summed E-state index contributed by atoms with van der Waals surface area (Å²) in [4.78, 5) is 22.2. The highest BCUT2D eigenvalue weighted by Gasteiger charge is 2.10. The second kappa shape index (κ2) is 6.04. The van der Waals surface area contributed by atoms with E-state index in [1.54, 1.807) is 18.5 Å². The lowest BCUT2D eigenvalue weighted by molar-refractivity contribution is 0.0949. The van der Waals surface area contributed by atoms with Crippen LogP contribution in [-0.2, 0) is 13.6 Å². The van der Waals surface area contributed by atoms with Crippen LogP contribution in [0, 0.1) is 0 Å². The quantitative estimate of drug-likeness (QED) is 0.919. The van der Waals surface area contributed by atoms with E-state index >= 15 is 0 Å². The molecule has 0 saturated carbocycles. The number of nitrogens with zero attached hydrogens (tertiary/aromatic N) is 4. The number of aromatic nitrogens is 3. The normalized spacial score (nSPS) is 10.4. The predicted molar refractivity (Wildman–Crippen MR) is 80.6 cm³/mol. The van der Waals surface area contributed by atoms with Gasteiger partial charge < -0.3 is 14.8 Å². The van der Waals surface area contributed by atoms with E-state index in [9.17, 15) is 4.79 Å². The molecule has 20 heavy (non-hydrogen) atoms. The second-order valence-corrected chi connectivity index (χ2v) is 5.49. The second-order valence-electron chi connectivity index (χ2n) is 4.58. The molecule has 0 fully saturated rings. The van der Waals surface area contributed by atoms with E-state index in [0.29, 0.717) is 12.1 Å². The topological polar surface area (TPSA) is 63.1 Å². The minimum atomic E-state index is -0.161. The van der Waals surface area contributed by atoms with Gasteiger partial charge in [-0.05, 0) is 22.0 Å². The average molecular weight is 338 g/mol. The molecule has 2 aromatic heterocycles. The molecule has 1 N–H and O–H groups in total. The zero-order chi connectivity index (χ0) is 14.7. The summed E-state index contributed by atoms with van der Waals surface area (Å²) < 4.78 is 2.72. The third-order valence-electron chi connectivity index (χ3n) is 2.86. The summed E-state index contributed by atoms with van der Waals surface area (Å²) >= 11 is 3.30. The van der Waals surface area contributed by atoms with Crippen LogP contribution in [0.3, 0.4) is 0 Å². The fraction of sp³-hybridized carbons (Fsp3) is 0.308. The molecule has 106 valence electrons. The predicted octanol–water partition coefficient (Wildman–Crippen LogP) is 1.57. The van der Waals surface area contributed by atoms with Gasteiger partial charge in [0.1, 0.15) is 0 Å². The zero-order valence-electron chi connectivity index (χ0n) is 11.6. The van der Waals surface area contributed by atoms with Gasteiger partial charge in [-0.3, -0.25) is 9.78 Å². The lowest BCUT2D eigenvalue weighted by Crippen LogP contribution is -2.24. The molecule has 0 aliphatic heterocycles. The van der Waals surface area contributed by atoms with E-state index in [4.69, 9.17) is 0 Å². The van der Waals surface area contributed by atoms with Crippen LogP contribution < -0.4 is 10.2 Å². The summed E-state index contributed by atoms with van der Waals surface area (Å²) in [5.74, 6) is 0.685. The monoisotopic (exact) mass is 337 g/mol. The van der Waals surface area contributed by atoms with E-state index < -0.39 is 0 Å². The number of carbonyl (C=O) groups excluding carboxylic acids is 1. The molecule has 0 unspecified atom stereocenters. The molecular weight excluding hydrogens is 322 g/mol. The molecule has 0 aliphatic carbocycles. The summed E-state index contributed by atoms with van der Waals surface area (Å²) in [6.45, 7) is 0.419. The summed E-state index contributed by atoms with van der Waals surface area (Å²) in [6, 6.07) is 1.73. The Morgan fingerprint density at radius 3 is 2.75 bits per heavy atom. The first kappa shape index (κ1) is 14.5. The molecule has 0 bridgehead atoms. The Balaban J connectivity index is 2.04. The molecule has 0 aromatic carbocycles. The number of hydrogen-bond acceptors (Lipinski definition) is 4. The van der Waals surface area contributed by atoms with Crippen LogP contribution in [0.4, 0.5) is 5.95 Å². The Labute approximate surface area is 126 Å². The summed E-state index contributed by atoms with van der Waals surface area (Å²) in [7, 11) is 5.78. The van der Waals surface area contributed by atoms with Gasteiger partial charge in [0.2, 0.25) is 5.95 Å². The highest BCUT2D eigenvalue weighted by molar-refractivity contribution is 9.10. The van der Waals surface area contributed by atoms with Crippen molar-refractivity contribution in [3.8, 4) is 0 Å². The van der Waals surface area contributed by atoms with Crippen LogP contribution >= 0.6 is 15.9 Å². The van der Waals surface area contributed by atoms with Crippen molar-refractivity contribution in [1.82, 2.24) is 19.9 Å².